The number of anilines is 1. The fraction of sp³-hybridized carbons (Fsp3) is 0.100. The van der Waals surface area contributed by atoms with Crippen molar-refractivity contribution in [1.82, 2.24) is 9.97 Å². The number of fused-ring (bicyclic) bond motifs is 1. The number of aryl methyl sites for hydroxylation is 1. The minimum atomic E-state index is -0.686. The molecule has 0 unspecified atom stereocenters. The number of halogens is 2. The fourth-order valence-electron chi connectivity index (χ4n) is 4.15. The summed E-state index contributed by atoms with van der Waals surface area (Å²) in [5.41, 5.74) is 3.79. The summed E-state index contributed by atoms with van der Waals surface area (Å²) >= 11 is 0. The molecule has 1 amide bonds. The molecule has 0 aliphatic rings. The van der Waals surface area contributed by atoms with E-state index in [1.54, 1.807) is 43.3 Å². The number of carbonyl (C=O) groups is 1. The van der Waals surface area contributed by atoms with Crippen LogP contribution in [0.2, 0.25) is 0 Å². The summed E-state index contributed by atoms with van der Waals surface area (Å²) in [6.45, 7) is 1.80. The molecule has 0 aliphatic heterocycles. The highest BCUT2D eigenvalue weighted by atomic mass is 19.1. The molecule has 9 heteroatoms. The summed E-state index contributed by atoms with van der Waals surface area (Å²) in [4.78, 5) is 21.6. The first-order chi connectivity index (χ1) is 18.9. The van der Waals surface area contributed by atoms with E-state index in [1.165, 1.54) is 50.7 Å². The average Bonchev–Trinajstić information content (AvgIpc) is 2.94. The van der Waals surface area contributed by atoms with Gasteiger partial charge in [0.25, 0.3) is 11.8 Å². The molecule has 0 aliphatic carbocycles. The number of carbonyl (C=O) groups excluding carboxylic acids is 1. The van der Waals surface area contributed by atoms with Gasteiger partial charge in [-0.3, -0.25) is 9.78 Å². The summed E-state index contributed by atoms with van der Waals surface area (Å²) in [6, 6.07) is 18.7. The molecular formula is C30H23F2N3O4. The lowest BCUT2D eigenvalue weighted by Crippen LogP contribution is -2.12. The zero-order valence-corrected chi connectivity index (χ0v) is 21.3. The van der Waals surface area contributed by atoms with Crippen LogP contribution in [0.5, 0.6) is 23.1 Å². The van der Waals surface area contributed by atoms with E-state index in [-0.39, 0.29) is 28.9 Å². The second-order valence-corrected chi connectivity index (χ2v) is 8.62. The van der Waals surface area contributed by atoms with Crippen molar-refractivity contribution >= 4 is 22.6 Å². The molecule has 3 aromatic carbocycles. The molecule has 5 aromatic rings. The third-order valence-corrected chi connectivity index (χ3v) is 6.05. The van der Waals surface area contributed by atoms with Crippen molar-refractivity contribution < 1.29 is 27.8 Å². The standard InChI is InChI=1S/C30H23F2N3O4/c1-17-13-20(31)7-9-22(17)18-5-4-6-19(14-18)29(36)34-21-8-10-25(23(32)15-21)39-26-11-12-33-24-16-27(37-2)30(38-3)35-28(24)26/h4-16H,1-3H3,(H,34,36). The van der Waals surface area contributed by atoms with Gasteiger partial charge in [-0.05, 0) is 60.0 Å². The lowest BCUT2D eigenvalue weighted by atomic mass is 9.98. The van der Waals surface area contributed by atoms with Crippen molar-refractivity contribution in [2.45, 2.75) is 6.92 Å². The van der Waals surface area contributed by atoms with Gasteiger partial charge in [-0.15, -0.1) is 0 Å². The Balaban J connectivity index is 1.36. The van der Waals surface area contributed by atoms with Crippen molar-refractivity contribution in [3.8, 4) is 34.3 Å². The maximum Gasteiger partial charge on any atom is 0.257 e. The Morgan fingerprint density at radius 2 is 1.72 bits per heavy atom. The number of rotatable bonds is 7. The Bertz CT molecular complexity index is 1710. The van der Waals surface area contributed by atoms with Gasteiger partial charge in [0.2, 0.25) is 0 Å². The van der Waals surface area contributed by atoms with Crippen molar-refractivity contribution in [3.05, 3.63) is 102 Å². The van der Waals surface area contributed by atoms with E-state index >= 15 is 4.39 Å². The number of nitrogens with zero attached hydrogens (tertiary/aromatic N) is 2. The number of ether oxygens (including phenoxy) is 3. The highest BCUT2D eigenvalue weighted by Gasteiger charge is 2.16. The van der Waals surface area contributed by atoms with Gasteiger partial charge in [-0.2, -0.15) is 0 Å². The van der Waals surface area contributed by atoms with Crippen LogP contribution in [0, 0.1) is 18.6 Å². The van der Waals surface area contributed by atoms with Crippen molar-refractivity contribution in [2.75, 3.05) is 19.5 Å². The Hall–Kier alpha value is -5.05. The maximum atomic E-state index is 15.0. The van der Waals surface area contributed by atoms with E-state index in [2.05, 4.69) is 15.3 Å². The minimum Gasteiger partial charge on any atom is -0.491 e. The zero-order chi connectivity index (χ0) is 27.5. The highest BCUT2D eigenvalue weighted by Crippen LogP contribution is 2.35. The van der Waals surface area contributed by atoms with E-state index < -0.39 is 11.7 Å². The molecule has 2 heterocycles. The largest absolute Gasteiger partial charge is 0.491 e. The molecular weight excluding hydrogens is 504 g/mol. The first-order valence-electron chi connectivity index (χ1n) is 11.9. The van der Waals surface area contributed by atoms with Crippen LogP contribution >= 0.6 is 0 Å². The third kappa shape index (κ3) is 5.33. The predicted octanol–water partition coefficient (Wildman–Crippen LogP) is 6.95. The Morgan fingerprint density at radius 1 is 0.872 bits per heavy atom. The van der Waals surface area contributed by atoms with Gasteiger partial charge in [0.05, 0.1) is 19.7 Å². The number of amides is 1. The molecule has 0 spiro atoms. The van der Waals surface area contributed by atoms with E-state index in [0.29, 0.717) is 22.3 Å². The Kier molecular flexibility index (Phi) is 7.05. The number of hydrogen-bond acceptors (Lipinski definition) is 6. The molecule has 0 fully saturated rings. The normalized spacial score (nSPS) is 10.8. The number of hydrogen-bond donors (Lipinski definition) is 1. The second-order valence-electron chi connectivity index (χ2n) is 8.62. The summed E-state index contributed by atoms with van der Waals surface area (Å²) < 4.78 is 44.9. The second kappa shape index (κ2) is 10.7. The van der Waals surface area contributed by atoms with Gasteiger partial charge in [-0.1, -0.05) is 18.2 Å². The van der Waals surface area contributed by atoms with Gasteiger partial charge in [0.15, 0.2) is 23.1 Å². The van der Waals surface area contributed by atoms with Crippen LogP contribution in [-0.4, -0.2) is 30.1 Å². The van der Waals surface area contributed by atoms with E-state index in [9.17, 15) is 9.18 Å². The van der Waals surface area contributed by atoms with Gasteiger partial charge < -0.3 is 19.5 Å². The summed E-state index contributed by atoms with van der Waals surface area (Å²) in [7, 11) is 2.95. The first-order valence-corrected chi connectivity index (χ1v) is 11.9. The van der Waals surface area contributed by atoms with E-state index in [1.807, 2.05) is 6.07 Å². The smallest absolute Gasteiger partial charge is 0.257 e. The molecule has 0 atom stereocenters. The monoisotopic (exact) mass is 527 g/mol. The lowest BCUT2D eigenvalue weighted by Gasteiger charge is -2.13. The van der Waals surface area contributed by atoms with Crippen LogP contribution in [-0.2, 0) is 0 Å². The molecule has 0 bridgehead atoms. The molecule has 1 N–H and O–H groups in total. The molecule has 196 valence electrons. The summed E-state index contributed by atoms with van der Waals surface area (Å²) in [5, 5.41) is 2.70. The summed E-state index contributed by atoms with van der Waals surface area (Å²) in [5.74, 6) is -0.591. The Morgan fingerprint density at radius 3 is 2.46 bits per heavy atom. The maximum absolute atomic E-state index is 15.0. The van der Waals surface area contributed by atoms with Crippen LogP contribution in [0.4, 0.5) is 14.5 Å². The van der Waals surface area contributed by atoms with Gasteiger partial charge in [0.1, 0.15) is 11.3 Å². The van der Waals surface area contributed by atoms with Crippen LogP contribution in [0.25, 0.3) is 22.2 Å². The SMILES string of the molecule is COc1cc2nccc(Oc3ccc(NC(=O)c4cccc(-c5ccc(F)cc5C)c4)cc3F)c2nc1OC. The van der Waals surface area contributed by atoms with E-state index in [0.717, 1.165) is 16.7 Å². The summed E-state index contributed by atoms with van der Waals surface area (Å²) in [6.07, 6.45) is 1.51. The van der Waals surface area contributed by atoms with Crippen molar-refractivity contribution in [3.63, 3.8) is 0 Å². The van der Waals surface area contributed by atoms with E-state index in [4.69, 9.17) is 14.2 Å². The zero-order valence-electron chi connectivity index (χ0n) is 21.3. The number of pyridine rings is 2. The minimum absolute atomic E-state index is 0.0640. The molecule has 0 saturated heterocycles. The molecule has 0 saturated carbocycles. The van der Waals surface area contributed by atoms with Gasteiger partial charge >= 0.3 is 0 Å². The highest BCUT2D eigenvalue weighted by molar-refractivity contribution is 6.05. The number of methoxy groups -OCH3 is 2. The predicted molar refractivity (Wildman–Crippen MR) is 144 cm³/mol. The number of aromatic nitrogens is 2. The fourth-order valence-corrected chi connectivity index (χ4v) is 4.15. The third-order valence-electron chi connectivity index (χ3n) is 6.05. The Labute approximate surface area is 223 Å². The average molecular weight is 528 g/mol. The number of benzene rings is 3. The molecule has 5 rings (SSSR count). The topological polar surface area (TPSA) is 82.6 Å². The van der Waals surface area contributed by atoms with Gasteiger partial charge in [0, 0.05) is 35.6 Å². The van der Waals surface area contributed by atoms with Crippen LogP contribution in [0.3, 0.4) is 0 Å². The molecule has 0 radical (unpaired) electrons. The van der Waals surface area contributed by atoms with Crippen molar-refractivity contribution in [2.24, 2.45) is 0 Å². The molecule has 7 nitrogen and oxygen atoms in total. The quantitative estimate of drug-likeness (QED) is 0.247. The van der Waals surface area contributed by atoms with Crippen LogP contribution in [0.15, 0.2) is 79.0 Å². The van der Waals surface area contributed by atoms with Crippen LogP contribution in [0.1, 0.15) is 15.9 Å². The molecule has 2 aromatic heterocycles. The van der Waals surface area contributed by atoms with Crippen LogP contribution < -0.4 is 19.5 Å². The molecule has 39 heavy (non-hydrogen) atoms. The lowest BCUT2D eigenvalue weighted by molar-refractivity contribution is 0.102. The van der Waals surface area contributed by atoms with Gasteiger partial charge in [-0.25, -0.2) is 13.8 Å². The van der Waals surface area contributed by atoms with Crippen molar-refractivity contribution in [1.29, 1.82) is 0 Å². The number of nitrogens with one attached hydrogen (secondary N) is 1. The first kappa shape index (κ1) is 25.6.